The Morgan fingerprint density at radius 2 is 1.27 bits per heavy atom. The minimum absolute atomic E-state index is 0.227. The summed E-state index contributed by atoms with van der Waals surface area (Å²) in [6, 6.07) is 29.0. The van der Waals surface area contributed by atoms with E-state index in [9.17, 15) is 9.59 Å². The van der Waals surface area contributed by atoms with Gasteiger partial charge in [0.05, 0.1) is 20.3 Å². The highest BCUT2D eigenvalue weighted by Crippen LogP contribution is 2.38. The molecule has 1 heterocycles. The Balaban J connectivity index is 1.69. The highest BCUT2D eigenvalue weighted by molar-refractivity contribution is 7.99. The molecule has 0 amide bonds. The van der Waals surface area contributed by atoms with Crippen molar-refractivity contribution in [2.24, 2.45) is 0 Å². The summed E-state index contributed by atoms with van der Waals surface area (Å²) in [6.07, 6.45) is -3.75. The van der Waals surface area contributed by atoms with Gasteiger partial charge in [0, 0.05) is 11.8 Å². The van der Waals surface area contributed by atoms with Crippen LogP contribution in [0.2, 0.25) is 0 Å². The molecule has 37 heavy (non-hydrogen) atoms. The SMILES string of the molecule is COC(=O)[C@H]1O[C@H](Sc2ccccc2)[C@@H](OCc2ccccc2)[C@@H](OCc2ccccc2)[C@@H]1OC(C)=O. The first-order valence-electron chi connectivity index (χ1n) is 12.0. The lowest BCUT2D eigenvalue weighted by Crippen LogP contribution is -2.61. The molecule has 0 aromatic heterocycles. The normalized spacial score (nSPS) is 23.2. The van der Waals surface area contributed by atoms with E-state index in [0.717, 1.165) is 16.0 Å². The van der Waals surface area contributed by atoms with Crippen molar-refractivity contribution in [3.8, 4) is 0 Å². The molecule has 1 saturated heterocycles. The van der Waals surface area contributed by atoms with Crippen LogP contribution in [-0.4, -0.2) is 48.9 Å². The highest BCUT2D eigenvalue weighted by Gasteiger charge is 2.52. The molecule has 7 nitrogen and oxygen atoms in total. The topological polar surface area (TPSA) is 80.3 Å². The smallest absolute Gasteiger partial charge is 0.339 e. The maximum absolute atomic E-state index is 12.8. The molecule has 3 aromatic rings. The monoisotopic (exact) mass is 522 g/mol. The third-order valence-electron chi connectivity index (χ3n) is 5.80. The van der Waals surface area contributed by atoms with E-state index in [2.05, 4.69) is 0 Å². The van der Waals surface area contributed by atoms with Crippen LogP contribution < -0.4 is 0 Å². The van der Waals surface area contributed by atoms with E-state index in [1.807, 2.05) is 91.0 Å². The molecule has 4 rings (SSSR count). The number of carbonyl (C=O) groups excluding carboxylic acids is 2. The molecule has 0 bridgehead atoms. The van der Waals surface area contributed by atoms with E-state index >= 15 is 0 Å². The lowest BCUT2D eigenvalue weighted by molar-refractivity contribution is -0.243. The van der Waals surface area contributed by atoms with Gasteiger partial charge in [-0.25, -0.2) is 4.79 Å². The largest absolute Gasteiger partial charge is 0.467 e. The molecule has 1 aliphatic heterocycles. The van der Waals surface area contributed by atoms with Crippen molar-refractivity contribution >= 4 is 23.7 Å². The molecule has 5 atom stereocenters. The molecule has 194 valence electrons. The fourth-order valence-corrected chi connectivity index (χ4v) is 5.19. The van der Waals surface area contributed by atoms with Gasteiger partial charge in [-0.3, -0.25) is 4.79 Å². The van der Waals surface area contributed by atoms with E-state index in [1.165, 1.54) is 25.8 Å². The molecular formula is C29H30O7S. The first kappa shape index (κ1) is 26.9. The van der Waals surface area contributed by atoms with Gasteiger partial charge in [-0.2, -0.15) is 0 Å². The average Bonchev–Trinajstić information content (AvgIpc) is 2.93. The zero-order chi connectivity index (χ0) is 26.0. The van der Waals surface area contributed by atoms with Crippen molar-refractivity contribution in [2.45, 2.75) is 54.9 Å². The van der Waals surface area contributed by atoms with E-state index in [1.54, 1.807) is 0 Å². The summed E-state index contributed by atoms with van der Waals surface area (Å²) in [6.45, 7) is 1.79. The molecule has 1 fully saturated rings. The van der Waals surface area contributed by atoms with Crippen molar-refractivity contribution in [3.63, 3.8) is 0 Å². The molecule has 1 aliphatic rings. The summed E-state index contributed by atoms with van der Waals surface area (Å²) in [5.41, 5.74) is 1.24. The first-order valence-corrected chi connectivity index (χ1v) is 12.9. The van der Waals surface area contributed by atoms with Crippen LogP contribution in [0.5, 0.6) is 0 Å². The fourth-order valence-electron chi connectivity index (χ4n) is 4.06. The van der Waals surface area contributed by atoms with Crippen LogP contribution in [0.1, 0.15) is 18.1 Å². The molecular weight excluding hydrogens is 492 g/mol. The Morgan fingerprint density at radius 3 is 1.78 bits per heavy atom. The first-order chi connectivity index (χ1) is 18.0. The van der Waals surface area contributed by atoms with E-state index in [4.69, 9.17) is 23.7 Å². The van der Waals surface area contributed by atoms with E-state index in [-0.39, 0.29) is 13.2 Å². The van der Waals surface area contributed by atoms with E-state index in [0.29, 0.717) is 0 Å². The van der Waals surface area contributed by atoms with Gasteiger partial charge in [0.1, 0.15) is 17.6 Å². The Bertz CT molecular complexity index is 1130. The molecule has 3 aromatic carbocycles. The molecule has 0 unspecified atom stereocenters. The Hall–Kier alpha value is -3.17. The van der Waals surface area contributed by atoms with Crippen LogP contribution in [0.25, 0.3) is 0 Å². The molecule has 0 saturated carbocycles. The Morgan fingerprint density at radius 1 is 0.757 bits per heavy atom. The maximum atomic E-state index is 12.8. The van der Waals surface area contributed by atoms with Crippen LogP contribution in [0.3, 0.4) is 0 Å². The van der Waals surface area contributed by atoms with Gasteiger partial charge in [-0.15, -0.1) is 0 Å². The number of hydrogen-bond acceptors (Lipinski definition) is 8. The van der Waals surface area contributed by atoms with Crippen LogP contribution >= 0.6 is 11.8 Å². The molecule has 0 radical (unpaired) electrons. The number of methoxy groups -OCH3 is 1. The predicted molar refractivity (Wildman–Crippen MR) is 139 cm³/mol. The number of esters is 2. The lowest BCUT2D eigenvalue weighted by atomic mass is 9.98. The molecule has 8 heteroatoms. The van der Waals surface area contributed by atoms with Gasteiger partial charge in [0.25, 0.3) is 0 Å². The van der Waals surface area contributed by atoms with Gasteiger partial charge in [0.2, 0.25) is 0 Å². The predicted octanol–water partition coefficient (Wildman–Crippen LogP) is 4.78. The van der Waals surface area contributed by atoms with Gasteiger partial charge in [-0.1, -0.05) is 90.6 Å². The van der Waals surface area contributed by atoms with Crippen molar-refractivity contribution < 1.29 is 33.3 Å². The summed E-state index contributed by atoms with van der Waals surface area (Å²) in [5.74, 6) is -1.22. The second-order valence-electron chi connectivity index (χ2n) is 8.48. The second-order valence-corrected chi connectivity index (χ2v) is 9.65. The standard InChI is InChI=1S/C29H30O7S/c1-20(30)35-25-24(33-18-21-12-6-3-7-13-21)27(34-19-22-14-8-4-9-15-22)29(36-26(25)28(31)32-2)37-23-16-10-5-11-17-23/h3-17,24-27,29H,18-19H2,1-2H3/t24-,25-,26-,27-,29+/m0/s1. The summed E-state index contributed by atoms with van der Waals surface area (Å²) >= 11 is 1.41. The zero-order valence-corrected chi connectivity index (χ0v) is 21.5. The van der Waals surface area contributed by atoms with Crippen molar-refractivity contribution in [2.75, 3.05) is 7.11 Å². The van der Waals surface area contributed by atoms with E-state index < -0.39 is 41.8 Å². The van der Waals surface area contributed by atoms with Crippen LogP contribution in [0, 0.1) is 0 Å². The number of benzene rings is 3. The molecule has 0 N–H and O–H groups in total. The minimum Gasteiger partial charge on any atom is -0.467 e. The number of hydrogen-bond donors (Lipinski definition) is 0. The summed E-state index contributed by atoms with van der Waals surface area (Å²) in [4.78, 5) is 25.9. The maximum Gasteiger partial charge on any atom is 0.339 e. The Labute approximate surface area is 221 Å². The summed E-state index contributed by atoms with van der Waals surface area (Å²) < 4.78 is 29.7. The minimum atomic E-state index is -1.19. The Kier molecular flexibility index (Phi) is 9.73. The van der Waals surface area contributed by atoms with Crippen molar-refractivity contribution in [3.05, 3.63) is 102 Å². The fraction of sp³-hybridized carbons (Fsp3) is 0.310. The van der Waals surface area contributed by atoms with Crippen molar-refractivity contribution in [1.82, 2.24) is 0 Å². The second kappa shape index (κ2) is 13.4. The van der Waals surface area contributed by atoms with Gasteiger partial charge >= 0.3 is 11.9 Å². The van der Waals surface area contributed by atoms with Crippen LogP contribution in [0.4, 0.5) is 0 Å². The summed E-state index contributed by atoms with van der Waals surface area (Å²) in [7, 11) is 1.27. The van der Waals surface area contributed by atoms with Crippen LogP contribution in [-0.2, 0) is 46.5 Å². The highest BCUT2D eigenvalue weighted by atomic mass is 32.2. The van der Waals surface area contributed by atoms with Gasteiger partial charge in [0.15, 0.2) is 12.2 Å². The lowest BCUT2D eigenvalue weighted by Gasteiger charge is -2.44. The zero-order valence-electron chi connectivity index (χ0n) is 20.7. The third kappa shape index (κ3) is 7.42. The number of rotatable bonds is 10. The van der Waals surface area contributed by atoms with Crippen LogP contribution in [0.15, 0.2) is 95.9 Å². The third-order valence-corrected chi connectivity index (χ3v) is 6.95. The quantitative estimate of drug-likeness (QED) is 0.352. The summed E-state index contributed by atoms with van der Waals surface area (Å²) in [5, 5.41) is 0. The number of thioether (sulfide) groups is 1. The average molecular weight is 523 g/mol. The number of carbonyl (C=O) groups is 2. The molecule has 0 aliphatic carbocycles. The number of ether oxygens (including phenoxy) is 5. The van der Waals surface area contributed by atoms with Crippen molar-refractivity contribution in [1.29, 1.82) is 0 Å². The molecule has 0 spiro atoms. The van der Waals surface area contributed by atoms with Gasteiger partial charge < -0.3 is 23.7 Å². The van der Waals surface area contributed by atoms with Gasteiger partial charge in [-0.05, 0) is 23.3 Å².